The van der Waals surface area contributed by atoms with Crippen LogP contribution in [0.3, 0.4) is 0 Å². The number of nitrogens with zero attached hydrogens (tertiary/aromatic N) is 1. The van der Waals surface area contributed by atoms with Crippen molar-refractivity contribution in [2.45, 2.75) is 18.8 Å². The van der Waals surface area contributed by atoms with Gasteiger partial charge in [0.1, 0.15) is 0 Å². The molecule has 1 aromatic heterocycles. The summed E-state index contributed by atoms with van der Waals surface area (Å²) in [6.45, 7) is -0.712. The molecule has 0 spiro atoms. The van der Waals surface area contributed by atoms with Crippen LogP contribution in [0.1, 0.15) is 12.6 Å². The SMILES string of the molecule is C#C[C@H]1C[C@@H](COP(=O)(O)OP(=O)(O)OP(=O)(O)O)O[C@H]1n1ccc(=O)[nH]c1=O. The molecule has 1 aliphatic rings. The number of aromatic nitrogens is 2. The average molecular weight is 476 g/mol. The van der Waals surface area contributed by atoms with Crippen molar-refractivity contribution >= 4 is 23.5 Å². The van der Waals surface area contributed by atoms with Gasteiger partial charge in [0, 0.05) is 12.3 Å². The van der Waals surface area contributed by atoms with Crippen LogP contribution in [-0.4, -0.2) is 41.8 Å². The zero-order valence-corrected chi connectivity index (χ0v) is 16.8. The first-order chi connectivity index (χ1) is 13.2. The van der Waals surface area contributed by atoms with E-state index in [1.807, 2.05) is 4.98 Å². The van der Waals surface area contributed by atoms with Gasteiger partial charge in [-0.3, -0.25) is 18.9 Å². The maximum atomic E-state index is 11.9. The second-order valence-corrected chi connectivity index (χ2v) is 9.98. The summed E-state index contributed by atoms with van der Waals surface area (Å²) < 4.78 is 51.7. The van der Waals surface area contributed by atoms with Crippen LogP contribution in [0.25, 0.3) is 0 Å². The molecule has 5 N–H and O–H groups in total. The van der Waals surface area contributed by atoms with E-state index in [2.05, 4.69) is 19.1 Å². The first kappa shape index (κ1) is 23.9. The lowest BCUT2D eigenvalue weighted by Gasteiger charge is -2.19. The van der Waals surface area contributed by atoms with E-state index in [-0.39, 0.29) is 6.42 Å². The minimum Gasteiger partial charge on any atom is -0.351 e. The van der Waals surface area contributed by atoms with Gasteiger partial charge in [-0.05, 0) is 6.42 Å². The van der Waals surface area contributed by atoms with Crippen LogP contribution in [0.4, 0.5) is 0 Å². The lowest BCUT2D eigenvalue weighted by molar-refractivity contribution is -0.0300. The Hall–Kier alpha value is -1.39. The first-order valence-corrected chi connectivity index (χ1v) is 11.9. The highest BCUT2D eigenvalue weighted by atomic mass is 31.3. The van der Waals surface area contributed by atoms with Crippen molar-refractivity contribution in [1.82, 2.24) is 9.55 Å². The Morgan fingerprint density at radius 1 is 1.21 bits per heavy atom. The van der Waals surface area contributed by atoms with Crippen molar-refractivity contribution in [3.05, 3.63) is 33.1 Å². The maximum Gasteiger partial charge on any atom is 0.490 e. The number of terminal acetylenes is 1. The van der Waals surface area contributed by atoms with Gasteiger partial charge in [-0.1, -0.05) is 5.92 Å². The highest BCUT2D eigenvalue weighted by Gasteiger charge is 2.42. The van der Waals surface area contributed by atoms with Crippen LogP contribution in [0, 0.1) is 18.3 Å². The van der Waals surface area contributed by atoms with E-state index in [1.54, 1.807) is 0 Å². The van der Waals surface area contributed by atoms with Gasteiger partial charge >= 0.3 is 29.2 Å². The van der Waals surface area contributed by atoms with E-state index in [9.17, 15) is 28.2 Å². The van der Waals surface area contributed by atoms with E-state index in [1.165, 1.54) is 0 Å². The van der Waals surface area contributed by atoms with Crippen LogP contribution < -0.4 is 11.2 Å². The number of phosphoric ester groups is 1. The Morgan fingerprint density at radius 3 is 2.41 bits per heavy atom. The predicted molar refractivity (Wildman–Crippen MR) is 92.0 cm³/mol. The predicted octanol–water partition coefficient (Wildman–Crippen LogP) is -0.583. The van der Waals surface area contributed by atoms with Crippen molar-refractivity contribution in [1.29, 1.82) is 0 Å². The Bertz CT molecular complexity index is 1050. The Labute approximate surface area is 161 Å². The minimum absolute atomic E-state index is 0.0303. The fourth-order valence-electron chi connectivity index (χ4n) is 2.37. The molecule has 2 rings (SSSR count). The molecule has 0 amide bonds. The molecule has 5 atom stereocenters. The molecule has 29 heavy (non-hydrogen) atoms. The number of rotatable bonds is 8. The molecule has 0 aliphatic carbocycles. The van der Waals surface area contributed by atoms with Crippen LogP contribution in [0.2, 0.25) is 0 Å². The second-order valence-electron chi connectivity index (χ2n) is 5.56. The van der Waals surface area contributed by atoms with E-state index < -0.39 is 59.6 Å². The van der Waals surface area contributed by atoms with Gasteiger partial charge in [0.15, 0.2) is 6.23 Å². The van der Waals surface area contributed by atoms with Gasteiger partial charge in [-0.15, -0.1) is 6.42 Å². The summed E-state index contributed by atoms with van der Waals surface area (Å²) in [7, 11) is -16.5. The smallest absolute Gasteiger partial charge is 0.351 e. The lowest BCUT2D eigenvalue weighted by atomic mass is 10.0. The molecule has 1 aliphatic heterocycles. The molecular weight excluding hydrogens is 461 g/mol. The number of ether oxygens (including phenoxy) is 1. The summed E-state index contributed by atoms with van der Waals surface area (Å²) in [4.78, 5) is 60.5. The topological polar surface area (TPSA) is 224 Å². The summed E-state index contributed by atoms with van der Waals surface area (Å²) in [6, 6.07) is 1.05. The van der Waals surface area contributed by atoms with Crippen molar-refractivity contribution < 1.29 is 51.2 Å². The standard InChI is InChI=1S/C11H15N2O13P3/c1-2-7-5-8(24-10(7)13-4-3-9(14)12-11(13)15)6-23-28(19,20)26-29(21,22)25-27(16,17)18/h1,3-4,7-8,10H,5-6H2,(H,19,20)(H,21,22)(H,12,14,15)(H2,16,17,18)/t7-,8-,10+/m0/s1. The molecule has 1 fully saturated rings. The second kappa shape index (κ2) is 8.77. The summed E-state index contributed by atoms with van der Waals surface area (Å²) in [5.41, 5.74) is -1.46. The van der Waals surface area contributed by atoms with Crippen molar-refractivity contribution in [3.63, 3.8) is 0 Å². The van der Waals surface area contributed by atoms with Crippen molar-refractivity contribution in [2.75, 3.05) is 6.61 Å². The molecule has 15 nitrogen and oxygen atoms in total. The van der Waals surface area contributed by atoms with E-state index in [4.69, 9.17) is 25.8 Å². The molecule has 2 unspecified atom stereocenters. The highest BCUT2D eigenvalue weighted by molar-refractivity contribution is 7.66. The molecule has 0 radical (unpaired) electrons. The quantitative estimate of drug-likeness (QED) is 0.234. The Morgan fingerprint density at radius 2 is 1.86 bits per heavy atom. The van der Waals surface area contributed by atoms with Crippen molar-refractivity contribution in [3.8, 4) is 12.3 Å². The number of nitrogens with one attached hydrogen (secondary N) is 1. The molecule has 18 heteroatoms. The zero-order chi connectivity index (χ0) is 22.0. The van der Waals surface area contributed by atoms with Gasteiger partial charge in [-0.25, -0.2) is 18.5 Å². The third-order valence-corrected chi connectivity index (χ3v) is 7.17. The summed E-state index contributed by atoms with van der Waals surface area (Å²) in [5, 5.41) is 0. The number of hydrogen-bond acceptors (Lipinski definition) is 9. The molecular formula is C11H15N2O13P3. The Kier molecular flexibility index (Phi) is 7.22. The first-order valence-electron chi connectivity index (χ1n) is 7.43. The van der Waals surface area contributed by atoms with E-state index in [0.29, 0.717) is 0 Å². The van der Waals surface area contributed by atoms with Crippen LogP contribution >= 0.6 is 23.5 Å². The van der Waals surface area contributed by atoms with E-state index >= 15 is 0 Å². The lowest BCUT2D eigenvalue weighted by Crippen LogP contribution is -2.33. The molecule has 1 aromatic rings. The fourth-order valence-corrected chi connectivity index (χ4v) is 5.42. The summed E-state index contributed by atoms with van der Waals surface area (Å²) in [5.74, 6) is 1.66. The van der Waals surface area contributed by atoms with E-state index in [0.717, 1.165) is 16.8 Å². The molecule has 0 saturated carbocycles. The van der Waals surface area contributed by atoms with Gasteiger partial charge in [0.2, 0.25) is 0 Å². The molecule has 2 heterocycles. The minimum atomic E-state index is -5.64. The third-order valence-electron chi connectivity index (χ3n) is 3.37. The van der Waals surface area contributed by atoms with Gasteiger partial charge in [0.05, 0.1) is 18.6 Å². The number of aromatic amines is 1. The molecule has 0 bridgehead atoms. The molecule has 1 saturated heterocycles. The third kappa shape index (κ3) is 7.11. The number of phosphoric acid groups is 3. The molecule has 162 valence electrons. The fraction of sp³-hybridized carbons (Fsp3) is 0.455. The number of H-pyrrole nitrogens is 1. The highest BCUT2D eigenvalue weighted by Crippen LogP contribution is 2.66. The largest absolute Gasteiger partial charge is 0.490 e. The number of hydrogen-bond donors (Lipinski definition) is 5. The maximum absolute atomic E-state index is 11.9. The van der Waals surface area contributed by atoms with Crippen LogP contribution in [0.15, 0.2) is 21.9 Å². The summed E-state index contributed by atoms with van der Waals surface area (Å²) in [6.07, 6.45) is 4.53. The monoisotopic (exact) mass is 476 g/mol. The normalized spacial score (nSPS) is 26.4. The zero-order valence-electron chi connectivity index (χ0n) is 14.1. The van der Waals surface area contributed by atoms with Crippen molar-refractivity contribution in [2.24, 2.45) is 5.92 Å². The van der Waals surface area contributed by atoms with Gasteiger partial charge in [0.25, 0.3) is 5.56 Å². The Balaban J connectivity index is 2.04. The molecule has 0 aromatic carbocycles. The summed E-state index contributed by atoms with van der Waals surface area (Å²) >= 11 is 0. The van der Waals surface area contributed by atoms with Crippen LogP contribution in [-0.2, 0) is 31.6 Å². The average Bonchev–Trinajstić information content (AvgIpc) is 2.92. The van der Waals surface area contributed by atoms with Gasteiger partial charge < -0.3 is 24.3 Å². The van der Waals surface area contributed by atoms with Gasteiger partial charge in [-0.2, -0.15) is 8.62 Å². The van der Waals surface area contributed by atoms with Crippen LogP contribution in [0.5, 0.6) is 0 Å².